The van der Waals surface area contributed by atoms with Crippen LogP contribution in [0.1, 0.15) is 0 Å². The normalized spacial score (nSPS) is 25.6. The van der Waals surface area contributed by atoms with E-state index >= 15 is 0 Å². The van der Waals surface area contributed by atoms with E-state index in [9.17, 15) is 9.59 Å². The lowest BCUT2D eigenvalue weighted by Crippen LogP contribution is -2.29. The highest BCUT2D eigenvalue weighted by Gasteiger charge is 2.28. The van der Waals surface area contributed by atoms with E-state index < -0.39 is 0 Å². The topological polar surface area (TPSA) is 40.6 Å². The Morgan fingerprint density at radius 2 is 1.25 bits per heavy atom. The second-order valence-electron chi connectivity index (χ2n) is 3.30. The molecule has 0 N–H and O–H groups in total. The van der Waals surface area contributed by atoms with Crippen LogP contribution in [0.5, 0.6) is 0 Å². The molecule has 0 saturated heterocycles. The van der Waals surface area contributed by atoms with Crippen LogP contribution in [0.15, 0.2) is 33.0 Å². The third-order valence-corrected chi connectivity index (χ3v) is 4.05. The predicted octanol–water partition coefficient (Wildman–Crippen LogP) is 1.55. The number of carbonyl (C=O) groups is 2. The maximum Gasteiger partial charge on any atom is 0.265 e. The van der Waals surface area contributed by atoms with E-state index in [2.05, 4.69) is 0 Å². The van der Waals surface area contributed by atoms with Gasteiger partial charge in [0.1, 0.15) is 0 Å². The Kier molecular flexibility index (Phi) is 3.11. The highest BCUT2D eigenvalue weighted by atomic mass is 32.2. The van der Waals surface area contributed by atoms with Crippen LogP contribution in [0.3, 0.4) is 0 Å². The molecule has 0 aliphatic carbocycles. The highest BCUT2D eigenvalue weighted by molar-refractivity contribution is 8.10. The summed E-state index contributed by atoms with van der Waals surface area (Å²) in [6.45, 7) is 0. The Balaban J connectivity index is 2.42. The van der Waals surface area contributed by atoms with E-state index in [1.54, 1.807) is 37.3 Å². The van der Waals surface area contributed by atoms with Gasteiger partial charge in [0.05, 0.1) is 9.81 Å². The van der Waals surface area contributed by atoms with Gasteiger partial charge in [0.2, 0.25) is 0 Å². The Morgan fingerprint density at radius 3 is 1.62 bits per heavy atom. The number of hydrogen-bond acceptors (Lipinski definition) is 4. The molecular formula is C10H10N2O2S2. The maximum atomic E-state index is 11.9. The van der Waals surface area contributed by atoms with Crippen LogP contribution >= 0.6 is 23.5 Å². The molecule has 0 atom stereocenters. The number of likely N-dealkylation sites (N-methyl/N-ethyl adjacent to an activating group) is 2. The van der Waals surface area contributed by atoms with E-state index in [4.69, 9.17) is 0 Å². The van der Waals surface area contributed by atoms with Gasteiger partial charge in [0.25, 0.3) is 11.8 Å². The molecule has 2 aliphatic heterocycles. The van der Waals surface area contributed by atoms with Crippen molar-refractivity contribution in [1.29, 1.82) is 0 Å². The third kappa shape index (κ3) is 1.90. The van der Waals surface area contributed by atoms with Gasteiger partial charge in [0.15, 0.2) is 0 Å². The van der Waals surface area contributed by atoms with E-state index in [1.165, 1.54) is 33.3 Å². The molecule has 6 heteroatoms. The maximum absolute atomic E-state index is 11.9. The zero-order valence-electron chi connectivity index (χ0n) is 8.84. The van der Waals surface area contributed by atoms with Gasteiger partial charge in [-0.25, -0.2) is 0 Å². The van der Waals surface area contributed by atoms with Crippen molar-refractivity contribution in [3.63, 3.8) is 0 Å². The standard InChI is InChI=1S/C10H10N2O2S2/c1-11-3-5-15-7(9(11)13)8-10(14)12(2)4-6-16-8/h3-6H,1-2H3/b8-7+. The van der Waals surface area contributed by atoms with Crippen molar-refractivity contribution < 1.29 is 9.59 Å². The summed E-state index contributed by atoms with van der Waals surface area (Å²) < 4.78 is 0. The van der Waals surface area contributed by atoms with Crippen LogP contribution in [0.2, 0.25) is 0 Å². The Morgan fingerprint density at radius 1 is 0.875 bits per heavy atom. The van der Waals surface area contributed by atoms with Crippen LogP contribution in [0, 0.1) is 0 Å². The molecule has 0 radical (unpaired) electrons. The first kappa shape index (κ1) is 11.3. The van der Waals surface area contributed by atoms with Crippen molar-refractivity contribution >= 4 is 35.3 Å². The summed E-state index contributed by atoms with van der Waals surface area (Å²) in [4.78, 5) is 27.7. The van der Waals surface area contributed by atoms with Gasteiger partial charge < -0.3 is 9.80 Å². The summed E-state index contributed by atoms with van der Waals surface area (Å²) in [5.41, 5.74) is 0. The molecule has 0 aromatic carbocycles. The molecule has 0 unspecified atom stereocenters. The molecule has 0 aromatic rings. The summed E-state index contributed by atoms with van der Waals surface area (Å²) in [5, 5.41) is 3.60. The number of nitrogens with zero attached hydrogens (tertiary/aromatic N) is 2. The lowest BCUT2D eigenvalue weighted by molar-refractivity contribution is -0.125. The molecule has 2 aliphatic rings. The molecule has 16 heavy (non-hydrogen) atoms. The lowest BCUT2D eigenvalue weighted by atomic mass is 10.4. The second kappa shape index (κ2) is 4.39. The van der Waals surface area contributed by atoms with Crippen molar-refractivity contribution in [3.05, 3.63) is 33.0 Å². The van der Waals surface area contributed by atoms with E-state index in [0.29, 0.717) is 9.81 Å². The predicted molar refractivity (Wildman–Crippen MR) is 66.0 cm³/mol. The average Bonchev–Trinajstić information content (AvgIpc) is 2.27. The molecule has 0 saturated carbocycles. The van der Waals surface area contributed by atoms with Gasteiger partial charge in [-0.1, -0.05) is 23.5 Å². The molecule has 0 bridgehead atoms. The van der Waals surface area contributed by atoms with Gasteiger partial charge in [-0.15, -0.1) is 0 Å². The number of thioether (sulfide) groups is 2. The molecule has 0 fully saturated rings. The molecule has 0 aromatic heterocycles. The second-order valence-corrected chi connectivity index (χ2v) is 5.13. The van der Waals surface area contributed by atoms with Crippen molar-refractivity contribution in [2.75, 3.05) is 14.1 Å². The minimum absolute atomic E-state index is 0.132. The summed E-state index contributed by atoms with van der Waals surface area (Å²) in [5.74, 6) is -0.265. The molecule has 0 spiro atoms. The van der Waals surface area contributed by atoms with Gasteiger partial charge in [-0.05, 0) is 10.8 Å². The van der Waals surface area contributed by atoms with Crippen LogP contribution in [0.25, 0.3) is 0 Å². The molecule has 84 valence electrons. The lowest BCUT2D eigenvalue weighted by Gasteiger charge is -2.23. The minimum atomic E-state index is -0.132. The largest absolute Gasteiger partial charge is 0.317 e. The van der Waals surface area contributed by atoms with Crippen molar-refractivity contribution in [1.82, 2.24) is 9.80 Å². The first-order valence-electron chi connectivity index (χ1n) is 4.56. The summed E-state index contributed by atoms with van der Waals surface area (Å²) in [6, 6.07) is 0. The third-order valence-electron chi connectivity index (χ3n) is 2.18. The monoisotopic (exact) mass is 254 g/mol. The number of hydrogen-bond donors (Lipinski definition) is 0. The minimum Gasteiger partial charge on any atom is -0.317 e. The Hall–Kier alpha value is -1.14. The van der Waals surface area contributed by atoms with Gasteiger partial charge in [0, 0.05) is 26.5 Å². The summed E-state index contributed by atoms with van der Waals surface area (Å²) in [6.07, 6.45) is 3.38. The first-order chi connectivity index (χ1) is 7.61. The molecule has 2 heterocycles. The van der Waals surface area contributed by atoms with Crippen molar-refractivity contribution in [3.8, 4) is 0 Å². The number of rotatable bonds is 0. The Bertz CT molecular complexity index is 400. The Labute approximate surface area is 102 Å². The van der Waals surface area contributed by atoms with Gasteiger partial charge >= 0.3 is 0 Å². The van der Waals surface area contributed by atoms with Crippen LogP contribution < -0.4 is 0 Å². The van der Waals surface area contributed by atoms with Gasteiger partial charge in [-0.2, -0.15) is 0 Å². The van der Waals surface area contributed by atoms with Crippen LogP contribution in [0.4, 0.5) is 0 Å². The number of amides is 2. The van der Waals surface area contributed by atoms with Crippen LogP contribution in [-0.2, 0) is 9.59 Å². The van der Waals surface area contributed by atoms with Crippen molar-refractivity contribution in [2.24, 2.45) is 0 Å². The molecule has 2 rings (SSSR count). The first-order valence-corrected chi connectivity index (χ1v) is 6.32. The van der Waals surface area contributed by atoms with E-state index in [1.807, 2.05) is 0 Å². The quantitative estimate of drug-likeness (QED) is 0.615. The molecule has 4 nitrogen and oxygen atoms in total. The smallest absolute Gasteiger partial charge is 0.265 e. The highest BCUT2D eigenvalue weighted by Crippen LogP contribution is 2.35. The van der Waals surface area contributed by atoms with Crippen LogP contribution in [-0.4, -0.2) is 35.7 Å². The number of carbonyl (C=O) groups excluding carboxylic acids is 2. The fourth-order valence-corrected chi connectivity index (χ4v) is 3.16. The van der Waals surface area contributed by atoms with Gasteiger partial charge in [-0.3, -0.25) is 9.59 Å². The zero-order valence-corrected chi connectivity index (χ0v) is 10.5. The van der Waals surface area contributed by atoms with E-state index in [0.717, 1.165) is 0 Å². The van der Waals surface area contributed by atoms with Crippen molar-refractivity contribution in [2.45, 2.75) is 0 Å². The summed E-state index contributed by atoms with van der Waals surface area (Å²) >= 11 is 2.59. The fraction of sp³-hybridized carbons (Fsp3) is 0.200. The molecule has 2 amide bonds. The molecular weight excluding hydrogens is 244 g/mol. The van der Waals surface area contributed by atoms with E-state index in [-0.39, 0.29) is 11.8 Å². The zero-order chi connectivity index (χ0) is 11.7. The summed E-state index contributed by atoms with van der Waals surface area (Å²) in [7, 11) is 3.35. The average molecular weight is 254 g/mol. The fourth-order valence-electron chi connectivity index (χ4n) is 1.24. The SMILES string of the molecule is CN1C=CS/C(=C2/SC=CN(C)C2=O)C1=O.